The van der Waals surface area contributed by atoms with Gasteiger partial charge in [0, 0.05) is 12.8 Å². The molecule has 0 aromatic heterocycles. The van der Waals surface area contributed by atoms with E-state index in [9.17, 15) is 12.8 Å². The van der Waals surface area contributed by atoms with Crippen LogP contribution in [0.25, 0.3) is 0 Å². The molecule has 4 nitrogen and oxygen atoms in total. The molecular weight excluding hydrogens is 245 g/mol. The smallest absolute Gasteiger partial charge is 0.178 e. The Bertz CT molecular complexity index is 509. The molecule has 2 rings (SSSR count). The molecule has 0 aliphatic carbocycles. The Labute approximate surface area is 99.7 Å². The van der Waals surface area contributed by atoms with Gasteiger partial charge in [0.05, 0.1) is 19.3 Å². The molecule has 1 aliphatic heterocycles. The lowest BCUT2D eigenvalue weighted by molar-refractivity contribution is 0.0768. The zero-order valence-corrected chi connectivity index (χ0v) is 10.3. The van der Waals surface area contributed by atoms with E-state index in [0.717, 1.165) is 6.26 Å². The van der Waals surface area contributed by atoms with Crippen molar-refractivity contribution in [2.45, 2.75) is 10.9 Å². The molecule has 1 aromatic rings. The monoisotopic (exact) mass is 259 g/mol. The summed E-state index contributed by atoms with van der Waals surface area (Å²) in [7, 11) is -3.51. The normalized spacial score (nSPS) is 21.4. The van der Waals surface area contributed by atoms with Gasteiger partial charge in [-0.3, -0.25) is 0 Å². The van der Waals surface area contributed by atoms with Crippen molar-refractivity contribution in [3.63, 3.8) is 0 Å². The lowest BCUT2D eigenvalue weighted by Gasteiger charge is -2.24. The van der Waals surface area contributed by atoms with Crippen LogP contribution in [0.1, 0.15) is 11.6 Å². The number of hydrogen-bond donors (Lipinski definition) is 1. The van der Waals surface area contributed by atoms with Crippen LogP contribution in [0.2, 0.25) is 0 Å². The molecule has 1 heterocycles. The van der Waals surface area contributed by atoms with Crippen LogP contribution >= 0.6 is 0 Å². The summed E-state index contributed by atoms with van der Waals surface area (Å²) in [5.74, 6) is -0.711. The summed E-state index contributed by atoms with van der Waals surface area (Å²) < 4.78 is 41.4. The van der Waals surface area contributed by atoms with Crippen molar-refractivity contribution in [2.24, 2.45) is 0 Å². The number of halogens is 1. The summed E-state index contributed by atoms with van der Waals surface area (Å²) in [6.07, 6.45) is 0.993. The van der Waals surface area contributed by atoms with Crippen molar-refractivity contribution in [1.82, 2.24) is 5.32 Å². The molecule has 1 N–H and O–H groups in total. The lowest BCUT2D eigenvalue weighted by atomic mass is 10.1. The van der Waals surface area contributed by atoms with Gasteiger partial charge in [-0.1, -0.05) is 6.07 Å². The maximum absolute atomic E-state index is 13.7. The van der Waals surface area contributed by atoms with Crippen LogP contribution in [0.4, 0.5) is 4.39 Å². The van der Waals surface area contributed by atoms with Crippen LogP contribution in [-0.2, 0) is 14.6 Å². The van der Waals surface area contributed by atoms with Crippen molar-refractivity contribution in [2.75, 3.05) is 26.0 Å². The number of rotatable bonds is 2. The first-order valence-electron chi connectivity index (χ1n) is 5.29. The quantitative estimate of drug-likeness (QED) is 0.857. The topological polar surface area (TPSA) is 55.4 Å². The average Bonchev–Trinajstić information content (AvgIpc) is 2.28. The summed E-state index contributed by atoms with van der Waals surface area (Å²) in [6.45, 7) is 1.82. The number of benzene rings is 1. The molecule has 0 radical (unpaired) electrons. The Hall–Kier alpha value is -0.980. The maximum Gasteiger partial charge on any atom is 0.178 e. The van der Waals surface area contributed by atoms with Crippen molar-refractivity contribution in [1.29, 1.82) is 0 Å². The van der Waals surface area contributed by atoms with E-state index in [2.05, 4.69) is 5.32 Å². The molecule has 1 fully saturated rings. The Morgan fingerprint density at radius 2 is 2.24 bits per heavy atom. The van der Waals surface area contributed by atoms with E-state index in [0.29, 0.717) is 25.3 Å². The molecule has 94 valence electrons. The Morgan fingerprint density at radius 3 is 2.76 bits per heavy atom. The summed E-state index contributed by atoms with van der Waals surface area (Å²) in [5, 5.41) is 3.18. The Kier molecular flexibility index (Phi) is 3.46. The van der Waals surface area contributed by atoms with E-state index >= 15 is 0 Å². The van der Waals surface area contributed by atoms with Gasteiger partial charge in [-0.25, -0.2) is 12.8 Å². The number of sulfone groups is 1. The summed E-state index contributed by atoms with van der Waals surface area (Å²) >= 11 is 0. The fourth-order valence-electron chi connectivity index (χ4n) is 1.81. The third-order valence-corrected chi connectivity index (χ3v) is 3.81. The fourth-order valence-corrected chi connectivity index (χ4v) is 2.54. The lowest BCUT2D eigenvalue weighted by Crippen LogP contribution is -2.34. The van der Waals surface area contributed by atoms with Crippen LogP contribution in [0.15, 0.2) is 23.1 Å². The number of ether oxygens (including phenoxy) is 1. The molecule has 0 bridgehead atoms. The van der Waals surface area contributed by atoms with Crippen LogP contribution < -0.4 is 5.32 Å². The van der Waals surface area contributed by atoms with Crippen molar-refractivity contribution in [3.8, 4) is 0 Å². The highest BCUT2D eigenvalue weighted by atomic mass is 32.2. The van der Waals surface area contributed by atoms with Gasteiger partial charge < -0.3 is 10.1 Å². The highest BCUT2D eigenvalue weighted by molar-refractivity contribution is 7.90. The molecule has 17 heavy (non-hydrogen) atoms. The van der Waals surface area contributed by atoms with Gasteiger partial charge in [-0.2, -0.15) is 0 Å². The van der Waals surface area contributed by atoms with Crippen LogP contribution in [-0.4, -0.2) is 34.4 Å². The number of nitrogens with one attached hydrogen (secondary N) is 1. The summed E-state index contributed by atoms with van der Waals surface area (Å²) in [6, 6.07) is 4.09. The van der Waals surface area contributed by atoms with E-state index in [1.807, 2.05) is 0 Å². The van der Waals surface area contributed by atoms with Crippen LogP contribution in [0, 0.1) is 5.82 Å². The fraction of sp³-hybridized carbons (Fsp3) is 0.455. The molecule has 6 heteroatoms. The Balaban J connectivity index is 2.30. The number of morpholine rings is 1. The van der Waals surface area contributed by atoms with Gasteiger partial charge in [-0.05, 0) is 17.7 Å². The molecule has 1 unspecified atom stereocenters. The highest BCUT2D eigenvalue weighted by Crippen LogP contribution is 2.21. The third-order valence-electron chi connectivity index (χ3n) is 2.68. The van der Waals surface area contributed by atoms with E-state index in [4.69, 9.17) is 4.74 Å². The molecule has 1 atom stereocenters. The zero-order valence-electron chi connectivity index (χ0n) is 9.44. The second-order valence-corrected chi connectivity index (χ2v) is 6.03. The first kappa shape index (κ1) is 12.5. The van der Waals surface area contributed by atoms with Gasteiger partial charge in [0.1, 0.15) is 10.7 Å². The van der Waals surface area contributed by atoms with Crippen molar-refractivity contribution < 1.29 is 17.5 Å². The average molecular weight is 259 g/mol. The molecule has 0 saturated carbocycles. The van der Waals surface area contributed by atoms with E-state index in [-0.39, 0.29) is 10.9 Å². The van der Waals surface area contributed by atoms with Crippen molar-refractivity contribution >= 4 is 9.84 Å². The predicted molar refractivity (Wildman–Crippen MR) is 61.1 cm³/mol. The zero-order chi connectivity index (χ0) is 12.5. The van der Waals surface area contributed by atoms with Gasteiger partial charge in [-0.15, -0.1) is 0 Å². The molecule has 0 amide bonds. The third kappa shape index (κ3) is 2.83. The van der Waals surface area contributed by atoms with Crippen LogP contribution in [0.5, 0.6) is 0 Å². The van der Waals surface area contributed by atoms with Gasteiger partial charge in [0.25, 0.3) is 0 Å². The second kappa shape index (κ2) is 4.72. The minimum absolute atomic E-state index is 0.0770. The largest absolute Gasteiger partial charge is 0.378 e. The Morgan fingerprint density at radius 1 is 1.47 bits per heavy atom. The first-order valence-corrected chi connectivity index (χ1v) is 7.18. The minimum atomic E-state index is -3.51. The van der Waals surface area contributed by atoms with Crippen LogP contribution in [0.3, 0.4) is 0 Å². The van der Waals surface area contributed by atoms with Gasteiger partial charge in [0.2, 0.25) is 0 Å². The van der Waals surface area contributed by atoms with Crippen molar-refractivity contribution in [3.05, 3.63) is 29.6 Å². The summed E-state index contributed by atoms with van der Waals surface area (Å²) in [4.78, 5) is -0.266. The standard InChI is InChI=1S/C11H14FNO3S/c1-17(14,15)11-3-2-8(6-9(11)12)10-7-16-5-4-13-10/h2-3,6,10,13H,4-5,7H2,1H3. The SMILES string of the molecule is CS(=O)(=O)c1ccc(C2COCCN2)cc1F. The van der Waals surface area contributed by atoms with Gasteiger partial charge in [0.15, 0.2) is 9.84 Å². The molecule has 1 aromatic carbocycles. The maximum atomic E-state index is 13.7. The number of hydrogen-bond acceptors (Lipinski definition) is 4. The molecule has 0 spiro atoms. The van der Waals surface area contributed by atoms with E-state index in [1.54, 1.807) is 6.07 Å². The summed E-state index contributed by atoms with van der Waals surface area (Å²) in [5.41, 5.74) is 0.703. The highest BCUT2D eigenvalue weighted by Gasteiger charge is 2.19. The predicted octanol–water partition coefficient (Wildman–Crippen LogP) is 0.890. The first-order chi connectivity index (χ1) is 7.98. The second-order valence-electron chi connectivity index (χ2n) is 4.04. The molecule has 1 saturated heterocycles. The minimum Gasteiger partial charge on any atom is -0.378 e. The van der Waals surface area contributed by atoms with E-state index < -0.39 is 15.7 Å². The molecular formula is C11H14FNO3S. The van der Waals surface area contributed by atoms with Gasteiger partial charge >= 0.3 is 0 Å². The van der Waals surface area contributed by atoms with E-state index in [1.165, 1.54) is 12.1 Å². The molecule has 1 aliphatic rings.